The summed E-state index contributed by atoms with van der Waals surface area (Å²) in [4.78, 5) is 0. The van der Waals surface area contributed by atoms with Gasteiger partial charge in [0.2, 0.25) is 0 Å². The molecule has 0 bridgehead atoms. The number of para-hydroxylation sites is 1. The van der Waals surface area contributed by atoms with E-state index >= 15 is 0 Å². The number of ether oxygens (including phenoxy) is 1. The second-order valence-electron chi connectivity index (χ2n) is 3.56. The summed E-state index contributed by atoms with van der Waals surface area (Å²) in [5, 5.41) is 10.2. The van der Waals surface area contributed by atoms with Crippen molar-refractivity contribution in [1.29, 1.82) is 0 Å². The summed E-state index contributed by atoms with van der Waals surface area (Å²) < 4.78 is 6.53. The average molecular weight is 348 g/mol. The van der Waals surface area contributed by atoms with Gasteiger partial charge in [0.1, 0.15) is 5.75 Å². The molecule has 1 N–H and O–H groups in total. The largest absolute Gasteiger partial charge is 0.454 e. The van der Waals surface area contributed by atoms with Crippen LogP contribution >= 0.6 is 39.1 Å². The molecule has 0 aromatic heterocycles. The van der Waals surface area contributed by atoms with Gasteiger partial charge in [0, 0.05) is 10.0 Å². The van der Waals surface area contributed by atoms with E-state index in [1.165, 1.54) is 0 Å². The molecule has 2 aromatic rings. The molecular weight excluding hydrogens is 339 g/mol. The van der Waals surface area contributed by atoms with Crippen molar-refractivity contribution in [3.63, 3.8) is 0 Å². The van der Waals surface area contributed by atoms with E-state index in [4.69, 9.17) is 27.9 Å². The van der Waals surface area contributed by atoms with Crippen LogP contribution in [0.5, 0.6) is 11.5 Å². The lowest BCUT2D eigenvalue weighted by molar-refractivity contribution is 0.276. The second-order valence-corrected chi connectivity index (χ2v) is 5.29. The number of benzene rings is 2. The van der Waals surface area contributed by atoms with Gasteiger partial charge in [-0.15, -0.1) is 0 Å². The van der Waals surface area contributed by atoms with E-state index in [2.05, 4.69) is 15.9 Å². The number of halogens is 3. The predicted octanol–water partition coefficient (Wildman–Crippen LogP) is 5.04. The summed E-state index contributed by atoms with van der Waals surface area (Å²) >= 11 is 15.4. The van der Waals surface area contributed by atoms with E-state index in [0.29, 0.717) is 27.1 Å². The monoisotopic (exact) mass is 346 g/mol. The molecule has 0 spiro atoms. The molecule has 0 aliphatic heterocycles. The Morgan fingerprint density at radius 1 is 1.11 bits per heavy atom. The van der Waals surface area contributed by atoms with E-state index in [0.717, 1.165) is 4.47 Å². The summed E-state index contributed by atoms with van der Waals surface area (Å²) in [5.74, 6) is 0.911. The smallest absolute Gasteiger partial charge is 0.151 e. The van der Waals surface area contributed by atoms with Crippen LogP contribution in [0.2, 0.25) is 10.0 Å². The number of aliphatic hydroxyl groups excluding tert-OH is 1. The quantitative estimate of drug-likeness (QED) is 0.842. The van der Waals surface area contributed by atoms with Gasteiger partial charge < -0.3 is 9.84 Å². The molecule has 0 fully saturated rings. The molecule has 2 rings (SSSR count). The number of aliphatic hydroxyl groups is 1. The summed E-state index contributed by atoms with van der Waals surface area (Å²) in [6.07, 6.45) is 0. The Hall–Kier alpha value is -0.740. The zero-order valence-electron chi connectivity index (χ0n) is 9.16. The van der Waals surface area contributed by atoms with E-state index in [1.54, 1.807) is 30.3 Å². The molecular formula is C13H9BrCl2O2. The Morgan fingerprint density at radius 2 is 1.89 bits per heavy atom. The first-order valence-electron chi connectivity index (χ1n) is 5.13. The van der Waals surface area contributed by atoms with Crippen LogP contribution in [0, 0.1) is 0 Å². The van der Waals surface area contributed by atoms with Crippen LogP contribution in [0.1, 0.15) is 5.56 Å². The zero-order chi connectivity index (χ0) is 13.1. The Kier molecular flexibility index (Phi) is 4.51. The Balaban J connectivity index is 2.39. The molecule has 94 valence electrons. The van der Waals surface area contributed by atoms with Gasteiger partial charge in [0.15, 0.2) is 5.75 Å². The van der Waals surface area contributed by atoms with Crippen molar-refractivity contribution >= 4 is 39.1 Å². The maximum absolute atomic E-state index is 9.26. The summed E-state index contributed by atoms with van der Waals surface area (Å²) in [5.41, 5.74) is 0.612. The van der Waals surface area contributed by atoms with Gasteiger partial charge in [-0.2, -0.15) is 0 Å². The van der Waals surface area contributed by atoms with Crippen molar-refractivity contribution in [2.45, 2.75) is 6.61 Å². The number of rotatable bonds is 3. The maximum atomic E-state index is 9.26. The summed E-state index contributed by atoms with van der Waals surface area (Å²) in [6.45, 7) is -0.149. The van der Waals surface area contributed by atoms with Crippen LogP contribution < -0.4 is 4.74 Å². The minimum absolute atomic E-state index is 0.149. The molecule has 18 heavy (non-hydrogen) atoms. The molecule has 0 unspecified atom stereocenters. The van der Waals surface area contributed by atoms with Crippen molar-refractivity contribution < 1.29 is 9.84 Å². The number of hydrogen-bond donors (Lipinski definition) is 1. The third-order valence-electron chi connectivity index (χ3n) is 2.32. The third-order valence-corrected chi connectivity index (χ3v) is 3.41. The third kappa shape index (κ3) is 2.98. The van der Waals surface area contributed by atoms with Crippen molar-refractivity contribution in [3.8, 4) is 11.5 Å². The molecule has 0 saturated heterocycles. The van der Waals surface area contributed by atoms with E-state index < -0.39 is 0 Å². The van der Waals surface area contributed by atoms with Crippen LogP contribution in [-0.4, -0.2) is 5.11 Å². The summed E-state index contributed by atoms with van der Waals surface area (Å²) in [7, 11) is 0. The molecule has 0 amide bonds. The van der Waals surface area contributed by atoms with Gasteiger partial charge in [0.05, 0.1) is 16.7 Å². The average Bonchev–Trinajstić information content (AvgIpc) is 2.34. The molecule has 0 saturated carbocycles. The fourth-order valence-corrected chi connectivity index (χ4v) is 2.40. The van der Waals surface area contributed by atoms with Crippen molar-refractivity contribution in [3.05, 3.63) is 56.5 Å². The molecule has 0 heterocycles. The van der Waals surface area contributed by atoms with Crippen molar-refractivity contribution in [1.82, 2.24) is 0 Å². The normalized spacial score (nSPS) is 10.4. The van der Waals surface area contributed by atoms with Gasteiger partial charge in [0.25, 0.3) is 0 Å². The Morgan fingerprint density at radius 3 is 2.56 bits per heavy atom. The highest BCUT2D eigenvalue weighted by molar-refractivity contribution is 9.10. The van der Waals surface area contributed by atoms with Gasteiger partial charge in [-0.05, 0) is 24.3 Å². The van der Waals surface area contributed by atoms with Gasteiger partial charge in [-0.3, -0.25) is 0 Å². The Bertz CT molecular complexity index is 573. The first-order valence-corrected chi connectivity index (χ1v) is 6.68. The fraction of sp³-hybridized carbons (Fsp3) is 0.0769. The highest BCUT2D eigenvalue weighted by atomic mass is 79.9. The van der Waals surface area contributed by atoms with Crippen LogP contribution in [-0.2, 0) is 6.61 Å². The maximum Gasteiger partial charge on any atom is 0.151 e. The molecule has 2 nitrogen and oxygen atoms in total. The van der Waals surface area contributed by atoms with Gasteiger partial charge >= 0.3 is 0 Å². The highest BCUT2D eigenvalue weighted by Crippen LogP contribution is 2.37. The lowest BCUT2D eigenvalue weighted by Gasteiger charge is -2.12. The molecule has 0 aliphatic rings. The van der Waals surface area contributed by atoms with Crippen molar-refractivity contribution in [2.24, 2.45) is 0 Å². The SMILES string of the molecule is OCc1cccc(Cl)c1Oc1ccc(Br)cc1Cl. The molecule has 2 aromatic carbocycles. The number of hydrogen-bond acceptors (Lipinski definition) is 2. The van der Waals surface area contributed by atoms with Crippen LogP contribution in [0.25, 0.3) is 0 Å². The zero-order valence-corrected chi connectivity index (χ0v) is 12.3. The summed E-state index contributed by atoms with van der Waals surface area (Å²) in [6, 6.07) is 10.5. The molecule has 0 atom stereocenters. The molecule has 0 aliphatic carbocycles. The first kappa shape index (κ1) is 13.7. The lowest BCUT2D eigenvalue weighted by Crippen LogP contribution is -1.93. The topological polar surface area (TPSA) is 29.5 Å². The van der Waals surface area contributed by atoms with E-state index in [1.807, 2.05) is 6.07 Å². The first-order chi connectivity index (χ1) is 8.61. The lowest BCUT2D eigenvalue weighted by atomic mass is 10.2. The molecule has 0 radical (unpaired) electrons. The van der Waals surface area contributed by atoms with Crippen LogP contribution in [0.15, 0.2) is 40.9 Å². The minimum atomic E-state index is -0.149. The van der Waals surface area contributed by atoms with Gasteiger partial charge in [-0.1, -0.05) is 51.3 Å². The van der Waals surface area contributed by atoms with E-state index in [9.17, 15) is 5.11 Å². The standard InChI is InChI=1S/C13H9BrCl2O2/c14-9-4-5-12(11(16)6-9)18-13-8(7-17)2-1-3-10(13)15/h1-6,17H,7H2. The molecule has 5 heteroatoms. The van der Waals surface area contributed by atoms with Gasteiger partial charge in [-0.25, -0.2) is 0 Å². The predicted molar refractivity (Wildman–Crippen MR) is 76.6 cm³/mol. The van der Waals surface area contributed by atoms with E-state index in [-0.39, 0.29) is 6.61 Å². The second kappa shape index (κ2) is 5.93. The minimum Gasteiger partial charge on any atom is -0.454 e. The fourth-order valence-electron chi connectivity index (χ4n) is 1.46. The van der Waals surface area contributed by atoms with Crippen LogP contribution in [0.3, 0.4) is 0 Å². The highest BCUT2D eigenvalue weighted by Gasteiger charge is 2.11. The Labute approximate surface area is 123 Å². The van der Waals surface area contributed by atoms with Crippen molar-refractivity contribution in [2.75, 3.05) is 0 Å². The van der Waals surface area contributed by atoms with Crippen LogP contribution in [0.4, 0.5) is 0 Å².